The molecule has 150 valence electrons. The van der Waals surface area contributed by atoms with Crippen molar-refractivity contribution < 1.29 is 9.90 Å². The summed E-state index contributed by atoms with van der Waals surface area (Å²) in [6.07, 6.45) is 1.84. The van der Waals surface area contributed by atoms with Gasteiger partial charge in [0.15, 0.2) is 0 Å². The maximum Gasteiger partial charge on any atom is 0.257 e. The maximum atomic E-state index is 13.4. The van der Waals surface area contributed by atoms with Crippen LogP contribution in [0.3, 0.4) is 0 Å². The summed E-state index contributed by atoms with van der Waals surface area (Å²) in [4.78, 5) is 17.4. The first-order valence-corrected chi connectivity index (χ1v) is 10.0. The summed E-state index contributed by atoms with van der Waals surface area (Å²) in [5.41, 5.74) is 4.36. The van der Waals surface area contributed by atoms with Crippen LogP contribution in [0.2, 0.25) is 0 Å². The van der Waals surface area contributed by atoms with Gasteiger partial charge in [-0.3, -0.25) is 9.69 Å². The Labute approximate surface area is 171 Å². The minimum atomic E-state index is 0.00543. The molecule has 3 aromatic rings. The highest BCUT2D eigenvalue weighted by Gasteiger charge is 2.26. The van der Waals surface area contributed by atoms with Gasteiger partial charge in [-0.1, -0.05) is 48.0 Å². The van der Waals surface area contributed by atoms with Crippen molar-refractivity contribution in [1.29, 1.82) is 0 Å². The highest BCUT2D eigenvalue weighted by atomic mass is 16.3. The first-order chi connectivity index (χ1) is 14.2. The van der Waals surface area contributed by atoms with Gasteiger partial charge < -0.3 is 10.0 Å². The van der Waals surface area contributed by atoms with E-state index in [0.717, 1.165) is 24.3 Å². The lowest BCUT2D eigenvalue weighted by Crippen LogP contribution is -2.49. The molecule has 1 aromatic heterocycles. The number of aliphatic hydroxyl groups excluding tert-OH is 1. The van der Waals surface area contributed by atoms with Crippen LogP contribution in [-0.2, 0) is 0 Å². The number of β-amino-alcohol motifs (C(OH)–C–C–N with tert-alkyl or cyclic N) is 1. The number of aromatic nitrogens is 2. The fourth-order valence-electron chi connectivity index (χ4n) is 3.66. The van der Waals surface area contributed by atoms with Crippen molar-refractivity contribution in [3.63, 3.8) is 0 Å². The zero-order chi connectivity index (χ0) is 20.2. The highest BCUT2D eigenvalue weighted by molar-refractivity contribution is 6.00. The molecule has 6 nitrogen and oxygen atoms in total. The lowest BCUT2D eigenvalue weighted by molar-refractivity contribution is 0.0615. The summed E-state index contributed by atoms with van der Waals surface area (Å²) in [6, 6.07) is 18.0. The van der Waals surface area contributed by atoms with Gasteiger partial charge in [0.2, 0.25) is 0 Å². The monoisotopic (exact) mass is 390 g/mol. The van der Waals surface area contributed by atoms with Gasteiger partial charge in [0, 0.05) is 44.5 Å². The second kappa shape index (κ2) is 8.59. The Bertz CT molecular complexity index is 958. The summed E-state index contributed by atoms with van der Waals surface area (Å²) < 4.78 is 1.79. The molecule has 2 aromatic carbocycles. The third-order valence-electron chi connectivity index (χ3n) is 5.37. The summed E-state index contributed by atoms with van der Waals surface area (Å²) in [5.74, 6) is 0.00543. The normalized spacial score (nSPS) is 14.9. The standard InChI is InChI=1S/C23H26N4O2/c1-18-7-9-20(10-8-18)27-17-21(22(24-27)19-5-3-2-4-6-19)23(29)26-13-11-25(12-14-26)15-16-28/h2-10,17,28H,11-16H2,1H3. The number of amides is 1. The van der Waals surface area contributed by atoms with E-state index in [9.17, 15) is 4.79 Å². The molecule has 0 unspecified atom stereocenters. The van der Waals surface area contributed by atoms with Crippen LogP contribution in [0.4, 0.5) is 0 Å². The number of aryl methyl sites for hydroxylation is 1. The van der Waals surface area contributed by atoms with Crippen molar-refractivity contribution in [2.75, 3.05) is 39.3 Å². The molecule has 4 rings (SSSR count). The van der Waals surface area contributed by atoms with E-state index in [-0.39, 0.29) is 12.5 Å². The Hall–Kier alpha value is -2.96. The van der Waals surface area contributed by atoms with E-state index in [1.54, 1.807) is 4.68 Å². The van der Waals surface area contributed by atoms with Gasteiger partial charge in [-0.15, -0.1) is 0 Å². The minimum Gasteiger partial charge on any atom is -0.395 e. The molecule has 1 fully saturated rings. The number of rotatable bonds is 5. The molecular weight excluding hydrogens is 364 g/mol. The van der Waals surface area contributed by atoms with Crippen LogP contribution in [0.25, 0.3) is 16.9 Å². The van der Waals surface area contributed by atoms with Crippen LogP contribution in [-0.4, -0.2) is 69.9 Å². The van der Waals surface area contributed by atoms with E-state index in [1.165, 1.54) is 5.56 Å². The Morgan fingerprint density at radius 1 is 1.00 bits per heavy atom. The lowest BCUT2D eigenvalue weighted by atomic mass is 10.1. The Balaban J connectivity index is 1.66. The molecule has 29 heavy (non-hydrogen) atoms. The SMILES string of the molecule is Cc1ccc(-n2cc(C(=O)N3CCN(CCO)CC3)c(-c3ccccc3)n2)cc1. The predicted octanol–water partition coefficient (Wildman–Crippen LogP) is 2.60. The summed E-state index contributed by atoms with van der Waals surface area (Å²) in [6.45, 7) is 5.72. The molecule has 0 saturated carbocycles. The van der Waals surface area contributed by atoms with Crippen LogP contribution in [0.1, 0.15) is 15.9 Å². The van der Waals surface area contributed by atoms with Crippen molar-refractivity contribution in [1.82, 2.24) is 19.6 Å². The number of carbonyl (C=O) groups is 1. The number of hydrogen-bond acceptors (Lipinski definition) is 4. The van der Waals surface area contributed by atoms with Crippen molar-refractivity contribution in [3.8, 4) is 16.9 Å². The van der Waals surface area contributed by atoms with E-state index >= 15 is 0 Å². The first kappa shape index (κ1) is 19.4. The van der Waals surface area contributed by atoms with Crippen molar-refractivity contribution in [2.24, 2.45) is 0 Å². The predicted molar refractivity (Wildman–Crippen MR) is 113 cm³/mol. The Kier molecular flexibility index (Phi) is 5.74. The molecule has 1 saturated heterocycles. The third kappa shape index (κ3) is 4.23. The topological polar surface area (TPSA) is 61.6 Å². The van der Waals surface area contributed by atoms with Crippen LogP contribution < -0.4 is 0 Å². The second-order valence-electron chi connectivity index (χ2n) is 7.39. The van der Waals surface area contributed by atoms with Crippen molar-refractivity contribution >= 4 is 5.91 Å². The summed E-state index contributed by atoms with van der Waals surface area (Å²) in [5, 5.41) is 13.9. The molecule has 1 amide bonds. The number of benzene rings is 2. The van der Waals surface area contributed by atoms with E-state index in [1.807, 2.05) is 72.6 Å². The second-order valence-corrected chi connectivity index (χ2v) is 7.39. The van der Waals surface area contributed by atoms with Crippen molar-refractivity contribution in [2.45, 2.75) is 6.92 Å². The van der Waals surface area contributed by atoms with Gasteiger partial charge >= 0.3 is 0 Å². The van der Waals surface area contributed by atoms with E-state index in [4.69, 9.17) is 10.2 Å². The Morgan fingerprint density at radius 2 is 1.69 bits per heavy atom. The highest BCUT2D eigenvalue weighted by Crippen LogP contribution is 2.25. The molecule has 0 radical (unpaired) electrons. The minimum absolute atomic E-state index is 0.00543. The molecular formula is C23H26N4O2. The van der Waals surface area contributed by atoms with E-state index < -0.39 is 0 Å². The number of aliphatic hydroxyl groups is 1. The zero-order valence-corrected chi connectivity index (χ0v) is 16.7. The molecule has 6 heteroatoms. The fourth-order valence-corrected chi connectivity index (χ4v) is 3.66. The van der Waals surface area contributed by atoms with Gasteiger partial charge in [0.25, 0.3) is 5.91 Å². The van der Waals surface area contributed by atoms with Crippen LogP contribution in [0.15, 0.2) is 60.8 Å². The number of carbonyl (C=O) groups excluding carboxylic acids is 1. The van der Waals surface area contributed by atoms with Gasteiger partial charge in [0.1, 0.15) is 5.69 Å². The number of hydrogen-bond donors (Lipinski definition) is 1. The average molecular weight is 390 g/mol. The largest absolute Gasteiger partial charge is 0.395 e. The molecule has 1 aliphatic rings. The van der Waals surface area contributed by atoms with Crippen LogP contribution in [0, 0.1) is 6.92 Å². The van der Waals surface area contributed by atoms with Crippen LogP contribution in [0.5, 0.6) is 0 Å². The quantitative estimate of drug-likeness (QED) is 0.728. The van der Waals surface area contributed by atoms with Gasteiger partial charge in [-0.2, -0.15) is 5.10 Å². The fraction of sp³-hybridized carbons (Fsp3) is 0.304. The molecule has 0 aliphatic carbocycles. The molecule has 2 heterocycles. The number of piperazine rings is 1. The summed E-state index contributed by atoms with van der Waals surface area (Å²) >= 11 is 0. The van der Waals surface area contributed by atoms with Gasteiger partial charge in [0.05, 0.1) is 17.9 Å². The molecule has 0 spiro atoms. The average Bonchev–Trinajstić information content (AvgIpc) is 3.21. The molecule has 0 atom stereocenters. The molecule has 1 N–H and O–H groups in total. The van der Waals surface area contributed by atoms with Crippen molar-refractivity contribution in [3.05, 3.63) is 71.9 Å². The smallest absolute Gasteiger partial charge is 0.257 e. The number of nitrogens with zero attached hydrogens (tertiary/aromatic N) is 4. The Morgan fingerprint density at radius 3 is 2.34 bits per heavy atom. The lowest BCUT2D eigenvalue weighted by Gasteiger charge is -2.34. The maximum absolute atomic E-state index is 13.4. The molecule has 1 aliphatic heterocycles. The summed E-state index contributed by atoms with van der Waals surface area (Å²) in [7, 11) is 0. The first-order valence-electron chi connectivity index (χ1n) is 10.0. The van der Waals surface area contributed by atoms with E-state index in [0.29, 0.717) is 30.9 Å². The van der Waals surface area contributed by atoms with E-state index in [2.05, 4.69) is 4.90 Å². The van der Waals surface area contributed by atoms with Gasteiger partial charge in [-0.25, -0.2) is 4.68 Å². The third-order valence-corrected chi connectivity index (χ3v) is 5.37. The zero-order valence-electron chi connectivity index (χ0n) is 16.7. The van der Waals surface area contributed by atoms with Gasteiger partial charge in [-0.05, 0) is 19.1 Å². The van der Waals surface area contributed by atoms with Crippen LogP contribution >= 0.6 is 0 Å². The molecule has 0 bridgehead atoms.